The number of amides is 2. The summed E-state index contributed by atoms with van der Waals surface area (Å²) in [5, 5.41) is 14.8. The lowest BCUT2D eigenvalue weighted by Gasteiger charge is -2.33. The predicted molar refractivity (Wildman–Crippen MR) is 75.7 cm³/mol. The summed E-state index contributed by atoms with van der Waals surface area (Å²) >= 11 is 0. The van der Waals surface area contributed by atoms with Gasteiger partial charge in [-0.3, -0.25) is 4.79 Å². The first-order chi connectivity index (χ1) is 9.60. The van der Waals surface area contributed by atoms with Gasteiger partial charge >= 0.3 is 12.0 Å². The van der Waals surface area contributed by atoms with Gasteiger partial charge in [0.15, 0.2) is 0 Å². The van der Waals surface area contributed by atoms with Crippen LogP contribution in [0.5, 0.6) is 0 Å². The molecule has 6 nitrogen and oxygen atoms in total. The number of aliphatic carboxylic acids is 1. The number of hydrogen-bond donors (Lipinski definition) is 3. The number of nitrogens with one attached hydrogen (secondary N) is 2. The summed E-state index contributed by atoms with van der Waals surface area (Å²) in [6.45, 7) is 3.81. The van der Waals surface area contributed by atoms with E-state index < -0.39 is 11.4 Å². The number of rotatable bonds is 8. The molecule has 1 aliphatic heterocycles. The van der Waals surface area contributed by atoms with E-state index in [1.54, 1.807) is 0 Å². The number of urea groups is 1. The molecule has 3 N–H and O–H groups in total. The average molecular weight is 286 g/mol. The molecule has 0 saturated carbocycles. The minimum absolute atomic E-state index is 0.159. The fraction of sp³-hybridized carbons (Fsp3) is 0.857. The summed E-state index contributed by atoms with van der Waals surface area (Å²) in [6.07, 6.45) is 5.28. The second kappa shape index (κ2) is 8.79. The molecular weight excluding hydrogens is 260 g/mol. The van der Waals surface area contributed by atoms with E-state index in [0.29, 0.717) is 32.6 Å². The van der Waals surface area contributed by atoms with Crippen molar-refractivity contribution in [3.05, 3.63) is 0 Å². The molecule has 1 heterocycles. The van der Waals surface area contributed by atoms with Crippen molar-refractivity contribution in [2.75, 3.05) is 26.3 Å². The van der Waals surface area contributed by atoms with Crippen molar-refractivity contribution in [2.45, 2.75) is 45.4 Å². The first-order valence-electron chi connectivity index (χ1n) is 7.43. The minimum Gasteiger partial charge on any atom is -0.481 e. The van der Waals surface area contributed by atoms with Crippen LogP contribution in [0.3, 0.4) is 0 Å². The van der Waals surface area contributed by atoms with Crippen LogP contribution in [0.2, 0.25) is 0 Å². The SMILES string of the molecule is CCCCCCNC(=O)NCC1(C(=O)O)CCOCC1. The molecule has 20 heavy (non-hydrogen) atoms. The van der Waals surface area contributed by atoms with Gasteiger partial charge in [0.25, 0.3) is 0 Å². The molecule has 0 bridgehead atoms. The maximum absolute atomic E-state index is 11.6. The highest BCUT2D eigenvalue weighted by Crippen LogP contribution is 2.29. The second-order valence-electron chi connectivity index (χ2n) is 5.37. The second-order valence-corrected chi connectivity index (χ2v) is 5.37. The maximum atomic E-state index is 11.6. The lowest BCUT2D eigenvalue weighted by atomic mass is 9.80. The maximum Gasteiger partial charge on any atom is 0.314 e. The molecule has 0 aromatic heterocycles. The van der Waals surface area contributed by atoms with Crippen LogP contribution in [0.25, 0.3) is 0 Å². The van der Waals surface area contributed by atoms with Crippen molar-refractivity contribution in [1.82, 2.24) is 10.6 Å². The standard InChI is InChI=1S/C14H26N2O4/c1-2-3-4-5-8-15-13(19)16-11-14(12(17)18)6-9-20-10-7-14/h2-11H2,1H3,(H,17,18)(H2,15,16,19). The van der Waals surface area contributed by atoms with E-state index in [-0.39, 0.29) is 12.6 Å². The number of carbonyl (C=O) groups is 2. The molecule has 0 unspecified atom stereocenters. The number of carbonyl (C=O) groups excluding carboxylic acids is 1. The van der Waals surface area contributed by atoms with Crippen LogP contribution in [0, 0.1) is 5.41 Å². The smallest absolute Gasteiger partial charge is 0.314 e. The van der Waals surface area contributed by atoms with Gasteiger partial charge in [-0.2, -0.15) is 0 Å². The highest BCUT2D eigenvalue weighted by molar-refractivity contribution is 5.78. The van der Waals surface area contributed by atoms with Crippen LogP contribution in [-0.4, -0.2) is 43.4 Å². The third-order valence-corrected chi connectivity index (χ3v) is 3.81. The van der Waals surface area contributed by atoms with E-state index in [1.807, 2.05) is 0 Å². The third kappa shape index (κ3) is 5.36. The Labute approximate surface area is 120 Å². The zero-order valence-corrected chi connectivity index (χ0v) is 12.2. The molecule has 0 aromatic carbocycles. The summed E-state index contributed by atoms with van der Waals surface area (Å²) in [7, 11) is 0. The van der Waals surface area contributed by atoms with Crippen molar-refractivity contribution < 1.29 is 19.4 Å². The average Bonchev–Trinajstić information content (AvgIpc) is 2.46. The molecule has 6 heteroatoms. The first-order valence-corrected chi connectivity index (χ1v) is 7.43. The number of hydrogen-bond acceptors (Lipinski definition) is 3. The molecule has 2 amide bonds. The Bertz CT molecular complexity index is 314. The summed E-state index contributed by atoms with van der Waals surface area (Å²) in [6, 6.07) is -0.284. The minimum atomic E-state index is -0.877. The fourth-order valence-corrected chi connectivity index (χ4v) is 2.29. The number of carboxylic acids is 1. The van der Waals surface area contributed by atoms with Gasteiger partial charge in [-0.15, -0.1) is 0 Å². The van der Waals surface area contributed by atoms with Crippen LogP contribution in [0.4, 0.5) is 4.79 Å². The van der Waals surface area contributed by atoms with Gasteiger partial charge in [0.1, 0.15) is 0 Å². The van der Waals surface area contributed by atoms with E-state index in [9.17, 15) is 14.7 Å². The lowest BCUT2D eigenvalue weighted by molar-refractivity contribution is -0.154. The van der Waals surface area contributed by atoms with Gasteiger partial charge in [-0.1, -0.05) is 26.2 Å². The van der Waals surface area contributed by atoms with E-state index in [4.69, 9.17) is 4.74 Å². The zero-order valence-electron chi connectivity index (χ0n) is 12.2. The summed E-state index contributed by atoms with van der Waals surface area (Å²) in [4.78, 5) is 23.0. The number of carboxylic acid groups (broad SMARTS) is 1. The van der Waals surface area contributed by atoms with Crippen LogP contribution in [0.15, 0.2) is 0 Å². The van der Waals surface area contributed by atoms with Crippen molar-refractivity contribution >= 4 is 12.0 Å². The Hall–Kier alpha value is -1.30. The van der Waals surface area contributed by atoms with Crippen LogP contribution < -0.4 is 10.6 Å². The molecule has 0 radical (unpaired) electrons. The Balaban J connectivity index is 2.25. The largest absolute Gasteiger partial charge is 0.481 e. The summed E-state index contributed by atoms with van der Waals surface area (Å²) in [5.74, 6) is -0.857. The molecule has 1 saturated heterocycles. The van der Waals surface area contributed by atoms with Crippen molar-refractivity contribution in [3.63, 3.8) is 0 Å². The zero-order chi connectivity index (χ0) is 14.8. The Morgan fingerprint density at radius 1 is 1.15 bits per heavy atom. The molecule has 1 rings (SSSR count). The highest BCUT2D eigenvalue weighted by Gasteiger charge is 2.40. The molecular formula is C14H26N2O4. The highest BCUT2D eigenvalue weighted by atomic mass is 16.5. The molecule has 116 valence electrons. The van der Waals surface area contributed by atoms with Crippen molar-refractivity contribution in [3.8, 4) is 0 Å². The normalized spacial score (nSPS) is 17.4. The van der Waals surface area contributed by atoms with Gasteiger partial charge < -0.3 is 20.5 Å². The van der Waals surface area contributed by atoms with Crippen LogP contribution >= 0.6 is 0 Å². The Kier molecular flexibility index (Phi) is 7.36. The van der Waals surface area contributed by atoms with E-state index in [2.05, 4.69) is 17.6 Å². The monoisotopic (exact) mass is 286 g/mol. The summed E-state index contributed by atoms with van der Waals surface area (Å²) in [5.41, 5.74) is -0.877. The topological polar surface area (TPSA) is 87.7 Å². The van der Waals surface area contributed by atoms with Crippen molar-refractivity contribution in [1.29, 1.82) is 0 Å². The van der Waals surface area contributed by atoms with Gasteiger partial charge in [-0.05, 0) is 19.3 Å². The van der Waals surface area contributed by atoms with E-state index in [0.717, 1.165) is 19.3 Å². The first kappa shape index (κ1) is 16.8. The number of ether oxygens (including phenoxy) is 1. The Morgan fingerprint density at radius 3 is 2.45 bits per heavy atom. The summed E-state index contributed by atoms with van der Waals surface area (Å²) < 4.78 is 5.19. The van der Waals surface area contributed by atoms with Gasteiger partial charge in [0, 0.05) is 26.3 Å². The van der Waals surface area contributed by atoms with E-state index >= 15 is 0 Å². The fourth-order valence-electron chi connectivity index (χ4n) is 2.29. The van der Waals surface area contributed by atoms with Crippen LogP contribution in [0.1, 0.15) is 45.4 Å². The van der Waals surface area contributed by atoms with Crippen molar-refractivity contribution in [2.24, 2.45) is 5.41 Å². The lowest BCUT2D eigenvalue weighted by Crippen LogP contribution is -2.48. The molecule has 0 aromatic rings. The predicted octanol–water partition coefficient (Wildman–Crippen LogP) is 1.75. The quantitative estimate of drug-likeness (QED) is 0.593. The molecule has 0 spiro atoms. The van der Waals surface area contributed by atoms with Crippen LogP contribution in [-0.2, 0) is 9.53 Å². The van der Waals surface area contributed by atoms with Gasteiger partial charge in [0.05, 0.1) is 5.41 Å². The molecule has 1 fully saturated rings. The van der Waals surface area contributed by atoms with E-state index in [1.165, 1.54) is 6.42 Å². The van der Waals surface area contributed by atoms with Gasteiger partial charge in [-0.25, -0.2) is 4.79 Å². The molecule has 0 aliphatic carbocycles. The third-order valence-electron chi connectivity index (χ3n) is 3.81. The molecule has 0 atom stereocenters. The van der Waals surface area contributed by atoms with Gasteiger partial charge in [0.2, 0.25) is 0 Å². The molecule has 1 aliphatic rings. The Morgan fingerprint density at radius 2 is 1.85 bits per heavy atom. The number of unbranched alkanes of at least 4 members (excludes halogenated alkanes) is 3.